The van der Waals surface area contributed by atoms with Crippen LogP contribution in [0.25, 0.3) is 0 Å². The number of hydrogen-bond acceptors (Lipinski definition) is 4. The highest BCUT2D eigenvalue weighted by atomic mass is 35.5. The third kappa shape index (κ3) is 5.28. The van der Waals surface area contributed by atoms with Crippen molar-refractivity contribution in [3.05, 3.63) is 52.0 Å². The van der Waals surface area contributed by atoms with Crippen molar-refractivity contribution in [1.29, 1.82) is 0 Å². The smallest absolute Gasteiger partial charge is 0.258 e. The SMILES string of the molecule is CCCN(CC(=O)Nc1ccc(Cl)cc1Cl)C(=O)c1cccc(OC)c1O. The van der Waals surface area contributed by atoms with Gasteiger partial charge in [-0.1, -0.05) is 36.2 Å². The lowest BCUT2D eigenvalue weighted by atomic mass is 10.1. The van der Waals surface area contributed by atoms with Crippen LogP contribution in [0.1, 0.15) is 23.7 Å². The van der Waals surface area contributed by atoms with Crippen molar-refractivity contribution in [2.45, 2.75) is 13.3 Å². The molecule has 0 fully saturated rings. The summed E-state index contributed by atoms with van der Waals surface area (Å²) in [6.45, 7) is 2.04. The Morgan fingerprint density at radius 1 is 1.22 bits per heavy atom. The van der Waals surface area contributed by atoms with Gasteiger partial charge in [0.2, 0.25) is 5.91 Å². The molecule has 8 heteroatoms. The van der Waals surface area contributed by atoms with Gasteiger partial charge in [0.05, 0.1) is 23.4 Å². The van der Waals surface area contributed by atoms with Gasteiger partial charge in [0, 0.05) is 11.6 Å². The van der Waals surface area contributed by atoms with E-state index >= 15 is 0 Å². The number of carbonyl (C=O) groups is 2. The van der Waals surface area contributed by atoms with Crippen LogP contribution in [0.4, 0.5) is 5.69 Å². The largest absolute Gasteiger partial charge is 0.504 e. The molecule has 0 unspecified atom stereocenters. The molecule has 0 radical (unpaired) electrons. The van der Waals surface area contributed by atoms with E-state index in [1.807, 2.05) is 6.92 Å². The molecule has 2 rings (SSSR count). The number of aromatic hydroxyl groups is 1. The molecule has 2 aromatic rings. The van der Waals surface area contributed by atoms with E-state index in [9.17, 15) is 14.7 Å². The first-order valence-electron chi connectivity index (χ1n) is 8.27. The fraction of sp³-hybridized carbons (Fsp3) is 0.263. The molecule has 144 valence electrons. The number of nitrogens with one attached hydrogen (secondary N) is 1. The molecule has 2 N–H and O–H groups in total. The van der Waals surface area contributed by atoms with E-state index in [0.717, 1.165) is 0 Å². The average molecular weight is 411 g/mol. The van der Waals surface area contributed by atoms with Crippen LogP contribution in [0, 0.1) is 0 Å². The number of nitrogens with zero attached hydrogens (tertiary/aromatic N) is 1. The van der Waals surface area contributed by atoms with E-state index in [0.29, 0.717) is 28.7 Å². The number of para-hydroxylation sites is 1. The number of ether oxygens (including phenoxy) is 1. The molecule has 27 heavy (non-hydrogen) atoms. The van der Waals surface area contributed by atoms with Crippen molar-refractivity contribution in [2.75, 3.05) is 25.5 Å². The first-order chi connectivity index (χ1) is 12.9. The van der Waals surface area contributed by atoms with Crippen LogP contribution >= 0.6 is 23.2 Å². The van der Waals surface area contributed by atoms with Gasteiger partial charge >= 0.3 is 0 Å². The molecular formula is C19H20Cl2N2O4. The van der Waals surface area contributed by atoms with Crippen molar-refractivity contribution in [3.63, 3.8) is 0 Å². The zero-order valence-electron chi connectivity index (χ0n) is 15.0. The van der Waals surface area contributed by atoms with E-state index in [1.54, 1.807) is 24.3 Å². The van der Waals surface area contributed by atoms with E-state index in [4.69, 9.17) is 27.9 Å². The van der Waals surface area contributed by atoms with Gasteiger partial charge < -0.3 is 20.1 Å². The number of halogens is 2. The molecular weight excluding hydrogens is 391 g/mol. The summed E-state index contributed by atoms with van der Waals surface area (Å²) in [7, 11) is 1.40. The van der Waals surface area contributed by atoms with E-state index in [-0.39, 0.29) is 23.6 Å². The van der Waals surface area contributed by atoms with Gasteiger partial charge in [0.1, 0.15) is 6.54 Å². The Labute approximate surface area is 167 Å². The summed E-state index contributed by atoms with van der Waals surface area (Å²) < 4.78 is 5.03. The number of rotatable bonds is 7. The summed E-state index contributed by atoms with van der Waals surface area (Å²) in [5.74, 6) is -0.948. The molecule has 2 aromatic carbocycles. The molecule has 0 saturated heterocycles. The minimum Gasteiger partial charge on any atom is -0.504 e. The van der Waals surface area contributed by atoms with Crippen LogP contribution in [0.5, 0.6) is 11.5 Å². The monoisotopic (exact) mass is 410 g/mol. The second-order valence-electron chi connectivity index (χ2n) is 5.76. The summed E-state index contributed by atoms with van der Waals surface area (Å²) in [5, 5.41) is 13.6. The van der Waals surface area contributed by atoms with E-state index in [1.165, 1.54) is 24.1 Å². The van der Waals surface area contributed by atoms with Gasteiger partial charge in [-0.25, -0.2) is 0 Å². The molecule has 0 aliphatic carbocycles. The number of carbonyl (C=O) groups excluding carboxylic acids is 2. The number of anilines is 1. The van der Waals surface area contributed by atoms with Crippen LogP contribution < -0.4 is 10.1 Å². The highest BCUT2D eigenvalue weighted by Gasteiger charge is 2.22. The molecule has 0 saturated carbocycles. The number of methoxy groups -OCH3 is 1. The van der Waals surface area contributed by atoms with E-state index in [2.05, 4.69) is 5.32 Å². The third-order valence-electron chi connectivity index (χ3n) is 3.77. The molecule has 0 heterocycles. The van der Waals surface area contributed by atoms with Crippen molar-refractivity contribution >= 4 is 40.7 Å². The van der Waals surface area contributed by atoms with Crippen LogP contribution in [-0.2, 0) is 4.79 Å². The topological polar surface area (TPSA) is 78.9 Å². The summed E-state index contributed by atoms with van der Waals surface area (Å²) in [4.78, 5) is 26.6. The summed E-state index contributed by atoms with van der Waals surface area (Å²) in [6.07, 6.45) is 0.644. The molecule has 0 aromatic heterocycles. The Bertz CT molecular complexity index is 842. The molecule has 0 atom stereocenters. The van der Waals surface area contributed by atoms with E-state index < -0.39 is 11.8 Å². The number of amides is 2. The molecule has 0 aliphatic heterocycles. The summed E-state index contributed by atoms with van der Waals surface area (Å²) in [5.41, 5.74) is 0.472. The number of phenolic OH excluding ortho intramolecular Hbond substituents is 1. The highest BCUT2D eigenvalue weighted by Crippen LogP contribution is 2.30. The van der Waals surface area contributed by atoms with Gasteiger partial charge in [-0.15, -0.1) is 0 Å². The molecule has 0 spiro atoms. The molecule has 6 nitrogen and oxygen atoms in total. The van der Waals surface area contributed by atoms with Crippen molar-refractivity contribution in [1.82, 2.24) is 4.90 Å². The quantitative estimate of drug-likeness (QED) is 0.716. The maximum atomic E-state index is 12.8. The Morgan fingerprint density at radius 3 is 2.59 bits per heavy atom. The Morgan fingerprint density at radius 2 is 1.96 bits per heavy atom. The fourth-order valence-corrected chi connectivity index (χ4v) is 2.96. The van der Waals surface area contributed by atoms with Gasteiger partial charge in [-0.3, -0.25) is 9.59 Å². The van der Waals surface area contributed by atoms with Crippen LogP contribution in [0.3, 0.4) is 0 Å². The minimum absolute atomic E-state index is 0.0696. The lowest BCUT2D eigenvalue weighted by Gasteiger charge is -2.22. The zero-order valence-corrected chi connectivity index (χ0v) is 16.5. The second-order valence-corrected chi connectivity index (χ2v) is 6.60. The van der Waals surface area contributed by atoms with Crippen molar-refractivity contribution in [2.24, 2.45) is 0 Å². The average Bonchev–Trinajstić information content (AvgIpc) is 2.63. The van der Waals surface area contributed by atoms with Gasteiger partial charge in [-0.2, -0.15) is 0 Å². The Balaban J connectivity index is 2.17. The molecule has 2 amide bonds. The maximum absolute atomic E-state index is 12.8. The van der Waals surface area contributed by atoms with Crippen LogP contribution in [0.15, 0.2) is 36.4 Å². The standard InChI is InChI=1S/C19H20Cl2N2O4/c1-3-9-23(19(26)13-5-4-6-16(27-2)18(13)25)11-17(24)22-15-8-7-12(20)10-14(15)21/h4-8,10,25H,3,9,11H2,1-2H3,(H,22,24). The first-order valence-corrected chi connectivity index (χ1v) is 9.03. The first kappa shape index (κ1) is 20.9. The lowest BCUT2D eigenvalue weighted by molar-refractivity contribution is -0.116. The normalized spacial score (nSPS) is 10.4. The third-order valence-corrected chi connectivity index (χ3v) is 4.32. The highest BCUT2D eigenvalue weighted by molar-refractivity contribution is 6.36. The summed E-state index contributed by atoms with van der Waals surface area (Å²) >= 11 is 11.9. The molecule has 0 aliphatic rings. The maximum Gasteiger partial charge on any atom is 0.258 e. The van der Waals surface area contributed by atoms with Crippen LogP contribution in [-0.4, -0.2) is 42.0 Å². The fourth-order valence-electron chi connectivity index (χ4n) is 2.51. The predicted molar refractivity (Wildman–Crippen MR) is 106 cm³/mol. The van der Waals surface area contributed by atoms with Crippen molar-refractivity contribution < 1.29 is 19.4 Å². The lowest BCUT2D eigenvalue weighted by Crippen LogP contribution is -2.38. The Kier molecular flexibility index (Phi) is 7.33. The number of benzene rings is 2. The van der Waals surface area contributed by atoms with Crippen LogP contribution in [0.2, 0.25) is 10.0 Å². The molecule has 0 bridgehead atoms. The predicted octanol–water partition coefficient (Wildman–Crippen LogP) is 4.20. The van der Waals surface area contributed by atoms with Gasteiger partial charge in [-0.05, 0) is 36.8 Å². The minimum atomic E-state index is -0.467. The van der Waals surface area contributed by atoms with Gasteiger partial charge in [0.15, 0.2) is 11.5 Å². The Hall–Kier alpha value is -2.44. The van der Waals surface area contributed by atoms with Gasteiger partial charge in [0.25, 0.3) is 5.91 Å². The number of phenols is 1. The summed E-state index contributed by atoms with van der Waals surface area (Å²) in [6, 6.07) is 9.34. The van der Waals surface area contributed by atoms with Crippen molar-refractivity contribution in [3.8, 4) is 11.5 Å². The zero-order chi connectivity index (χ0) is 20.0. The second kappa shape index (κ2) is 9.48. The number of hydrogen-bond donors (Lipinski definition) is 2.